The van der Waals surface area contributed by atoms with E-state index >= 15 is 0 Å². The Morgan fingerprint density at radius 2 is 1.68 bits per heavy atom. The molecule has 0 aliphatic carbocycles. The van der Waals surface area contributed by atoms with Gasteiger partial charge in [-0.2, -0.15) is 0 Å². The summed E-state index contributed by atoms with van der Waals surface area (Å²) in [5.41, 5.74) is 0.771. The highest BCUT2D eigenvalue weighted by atomic mass is 16.6. The number of rotatable bonds is 8. The molecule has 0 bridgehead atoms. The molecular formula is C23H21NO7. The van der Waals surface area contributed by atoms with Gasteiger partial charge >= 0.3 is 11.6 Å². The molecule has 0 aliphatic rings. The van der Waals surface area contributed by atoms with Gasteiger partial charge in [0.2, 0.25) is 5.91 Å². The second-order valence-electron chi connectivity index (χ2n) is 7.05. The first kappa shape index (κ1) is 21.8. The van der Waals surface area contributed by atoms with Crippen molar-refractivity contribution in [3.05, 3.63) is 70.6 Å². The molecule has 0 unspecified atom stereocenters. The molecule has 1 aromatic heterocycles. The van der Waals surface area contributed by atoms with Crippen LogP contribution < -0.4 is 15.7 Å². The van der Waals surface area contributed by atoms with Gasteiger partial charge in [0.25, 0.3) is 0 Å². The quantitative estimate of drug-likeness (QED) is 0.336. The summed E-state index contributed by atoms with van der Waals surface area (Å²) in [7, 11) is 0. The largest absolute Gasteiger partial charge is 0.482 e. The van der Waals surface area contributed by atoms with Crippen molar-refractivity contribution in [2.45, 2.75) is 13.8 Å². The van der Waals surface area contributed by atoms with E-state index < -0.39 is 24.8 Å². The van der Waals surface area contributed by atoms with Crippen LogP contribution in [0.2, 0.25) is 0 Å². The standard InChI is InChI=1S/C23H21NO7/c1-14(2)23(28)24-17-7-3-15(4-8-17)19(25)12-30-22(27)13-29-18-9-5-16-6-10-21(26)31-20(16)11-18/h3-11,14H,12-13H2,1-2H3,(H,24,28). The van der Waals surface area contributed by atoms with E-state index in [1.165, 1.54) is 12.1 Å². The number of carbonyl (C=O) groups is 3. The molecular weight excluding hydrogens is 402 g/mol. The van der Waals surface area contributed by atoms with Gasteiger partial charge in [-0.3, -0.25) is 9.59 Å². The van der Waals surface area contributed by atoms with E-state index in [0.29, 0.717) is 22.6 Å². The third-order valence-electron chi connectivity index (χ3n) is 4.31. The average Bonchev–Trinajstić information content (AvgIpc) is 2.76. The van der Waals surface area contributed by atoms with Crippen molar-refractivity contribution in [2.75, 3.05) is 18.5 Å². The highest BCUT2D eigenvalue weighted by Gasteiger charge is 2.12. The van der Waals surface area contributed by atoms with Crippen molar-refractivity contribution in [3.8, 4) is 5.75 Å². The normalized spacial score (nSPS) is 10.7. The summed E-state index contributed by atoms with van der Waals surface area (Å²) in [5, 5.41) is 3.45. The fraction of sp³-hybridized carbons (Fsp3) is 0.217. The Bertz CT molecular complexity index is 1160. The number of ketones is 1. The van der Waals surface area contributed by atoms with Gasteiger partial charge in [-0.15, -0.1) is 0 Å². The summed E-state index contributed by atoms with van der Waals surface area (Å²) >= 11 is 0. The lowest BCUT2D eigenvalue weighted by molar-refractivity contribution is -0.144. The number of esters is 1. The maximum absolute atomic E-state index is 12.2. The highest BCUT2D eigenvalue weighted by Crippen LogP contribution is 2.19. The van der Waals surface area contributed by atoms with Crippen LogP contribution >= 0.6 is 0 Å². The minimum Gasteiger partial charge on any atom is -0.482 e. The lowest BCUT2D eigenvalue weighted by atomic mass is 10.1. The zero-order chi connectivity index (χ0) is 22.4. The van der Waals surface area contributed by atoms with E-state index in [1.54, 1.807) is 56.3 Å². The van der Waals surface area contributed by atoms with Crippen LogP contribution in [-0.2, 0) is 14.3 Å². The molecule has 0 spiro atoms. The van der Waals surface area contributed by atoms with Crippen molar-refractivity contribution in [2.24, 2.45) is 5.92 Å². The minimum atomic E-state index is -0.719. The first-order chi connectivity index (χ1) is 14.8. The molecule has 1 amide bonds. The van der Waals surface area contributed by atoms with Crippen molar-refractivity contribution in [3.63, 3.8) is 0 Å². The minimum absolute atomic E-state index is 0.124. The lowest BCUT2D eigenvalue weighted by Crippen LogP contribution is -2.20. The first-order valence-electron chi connectivity index (χ1n) is 9.58. The lowest BCUT2D eigenvalue weighted by Gasteiger charge is -2.09. The molecule has 3 rings (SSSR count). The van der Waals surface area contributed by atoms with E-state index in [2.05, 4.69) is 5.32 Å². The molecule has 8 nitrogen and oxygen atoms in total. The van der Waals surface area contributed by atoms with Crippen LogP contribution in [0.5, 0.6) is 5.75 Å². The molecule has 2 aromatic carbocycles. The van der Waals surface area contributed by atoms with E-state index in [4.69, 9.17) is 13.9 Å². The Kier molecular flexibility index (Phi) is 6.81. The fourth-order valence-corrected chi connectivity index (χ4v) is 2.57. The van der Waals surface area contributed by atoms with Gasteiger partial charge in [0, 0.05) is 34.7 Å². The van der Waals surface area contributed by atoms with Gasteiger partial charge in [0.15, 0.2) is 19.0 Å². The van der Waals surface area contributed by atoms with Crippen LogP contribution in [0.15, 0.2) is 63.8 Å². The molecule has 3 aromatic rings. The van der Waals surface area contributed by atoms with Crippen LogP contribution in [0, 0.1) is 5.92 Å². The van der Waals surface area contributed by atoms with E-state index in [1.807, 2.05) is 0 Å². The van der Waals surface area contributed by atoms with E-state index in [0.717, 1.165) is 5.39 Å². The fourth-order valence-electron chi connectivity index (χ4n) is 2.57. The van der Waals surface area contributed by atoms with Gasteiger partial charge in [0.1, 0.15) is 11.3 Å². The summed E-state index contributed by atoms with van der Waals surface area (Å²) < 4.78 is 15.4. The SMILES string of the molecule is CC(C)C(=O)Nc1ccc(C(=O)COC(=O)COc2ccc3ccc(=O)oc3c2)cc1. The summed E-state index contributed by atoms with van der Waals surface area (Å²) in [6, 6.07) is 14.1. The smallest absolute Gasteiger partial charge is 0.344 e. The zero-order valence-electron chi connectivity index (χ0n) is 17.0. The second-order valence-corrected chi connectivity index (χ2v) is 7.05. The van der Waals surface area contributed by atoms with Gasteiger partial charge in [-0.1, -0.05) is 13.8 Å². The number of fused-ring (bicyclic) bond motifs is 1. The molecule has 0 radical (unpaired) electrons. The monoisotopic (exact) mass is 423 g/mol. The Hall–Kier alpha value is -3.94. The third kappa shape index (κ3) is 6.02. The third-order valence-corrected chi connectivity index (χ3v) is 4.31. The predicted octanol–water partition coefficient (Wildman–Crippen LogP) is 3.19. The molecule has 1 heterocycles. The van der Waals surface area contributed by atoms with E-state index in [-0.39, 0.29) is 17.6 Å². The number of nitrogens with one attached hydrogen (secondary N) is 1. The number of ether oxygens (including phenoxy) is 2. The molecule has 31 heavy (non-hydrogen) atoms. The van der Waals surface area contributed by atoms with Crippen molar-refractivity contribution in [1.82, 2.24) is 0 Å². The Balaban J connectivity index is 1.48. The van der Waals surface area contributed by atoms with Crippen molar-refractivity contribution >= 4 is 34.3 Å². The number of Topliss-reactive ketones (excluding diaryl/α,β-unsaturated/α-hetero) is 1. The Labute approximate surface area is 177 Å². The average molecular weight is 423 g/mol. The Morgan fingerprint density at radius 3 is 2.39 bits per heavy atom. The molecule has 0 saturated heterocycles. The van der Waals surface area contributed by atoms with Crippen LogP contribution in [0.25, 0.3) is 11.0 Å². The number of hydrogen-bond donors (Lipinski definition) is 1. The molecule has 0 saturated carbocycles. The van der Waals surface area contributed by atoms with Gasteiger partial charge in [-0.25, -0.2) is 9.59 Å². The molecule has 160 valence electrons. The Morgan fingerprint density at radius 1 is 0.968 bits per heavy atom. The predicted molar refractivity (Wildman–Crippen MR) is 113 cm³/mol. The number of amides is 1. The second kappa shape index (κ2) is 9.71. The maximum atomic E-state index is 12.2. The summed E-state index contributed by atoms with van der Waals surface area (Å²) in [6.45, 7) is 2.72. The molecule has 8 heteroatoms. The van der Waals surface area contributed by atoms with Gasteiger partial charge in [0.05, 0.1) is 0 Å². The molecule has 0 aliphatic heterocycles. The molecule has 1 N–H and O–H groups in total. The number of benzene rings is 2. The summed E-state index contributed by atoms with van der Waals surface area (Å²) in [5.74, 6) is -1.06. The topological polar surface area (TPSA) is 112 Å². The molecule has 0 atom stereocenters. The van der Waals surface area contributed by atoms with Crippen LogP contribution in [0.4, 0.5) is 5.69 Å². The first-order valence-corrected chi connectivity index (χ1v) is 9.58. The summed E-state index contributed by atoms with van der Waals surface area (Å²) in [4.78, 5) is 47.1. The number of hydrogen-bond acceptors (Lipinski definition) is 7. The number of anilines is 1. The summed E-state index contributed by atoms with van der Waals surface area (Å²) in [6.07, 6.45) is 0. The van der Waals surface area contributed by atoms with Gasteiger partial charge in [-0.05, 0) is 42.5 Å². The van der Waals surface area contributed by atoms with Crippen LogP contribution in [-0.4, -0.2) is 30.9 Å². The highest BCUT2D eigenvalue weighted by molar-refractivity contribution is 5.99. The van der Waals surface area contributed by atoms with Gasteiger partial charge < -0.3 is 19.2 Å². The van der Waals surface area contributed by atoms with E-state index in [9.17, 15) is 19.2 Å². The van der Waals surface area contributed by atoms with Crippen molar-refractivity contribution < 1.29 is 28.3 Å². The number of carbonyl (C=O) groups excluding carboxylic acids is 3. The van der Waals surface area contributed by atoms with Crippen LogP contribution in [0.1, 0.15) is 24.2 Å². The van der Waals surface area contributed by atoms with Crippen LogP contribution in [0.3, 0.4) is 0 Å². The van der Waals surface area contributed by atoms with Crippen molar-refractivity contribution in [1.29, 1.82) is 0 Å². The maximum Gasteiger partial charge on any atom is 0.344 e. The molecule has 0 fully saturated rings. The zero-order valence-corrected chi connectivity index (χ0v) is 17.0.